The highest BCUT2D eigenvalue weighted by Gasteiger charge is 2.35. The van der Waals surface area contributed by atoms with E-state index in [1.807, 2.05) is 0 Å². The highest BCUT2D eigenvalue weighted by atomic mass is 32.2. The van der Waals surface area contributed by atoms with Crippen LogP contribution in [0.5, 0.6) is 5.75 Å². The molecule has 0 atom stereocenters. The van der Waals surface area contributed by atoms with Crippen LogP contribution in [-0.2, 0) is 9.59 Å². The number of rotatable bonds is 7. The molecule has 1 aromatic heterocycles. The maximum absolute atomic E-state index is 12.6. The minimum Gasteiger partial charge on any atom is -0.481 e. The van der Waals surface area contributed by atoms with Crippen LogP contribution in [0.3, 0.4) is 0 Å². The molecule has 2 amide bonds. The molecule has 30 heavy (non-hydrogen) atoms. The average Bonchev–Trinajstić information content (AvgIpc) is 3.21. The van der Waals surface area contributed by atoms with Crippen molar-refractivity contribution in [3.05, 3.63) is 47.1 Å². The zero-order valence-electron chi connectivity index (χ0n) is 15.1. The number of carboxylic acid groups (broad SMARTS) is 1. The predicted molar refractivity (Wildman–Crippen MR) is 100 cm³/mol. The van der Waals surface area contributed by atoms with Crippen molar-refractivity contribution in [1.29, 1.82) is 0 Å². The minimum absolute atomic E-state index is 0.0279. The molecule has 7 nitrogen and oxygen atoms in total. The number of amides is 2. The number of alkyl halides is 3. The molecule has 1 saturated heterocycles. The number of furan rings is 1. The van der Waals surface area contributed by atoms with Gasteiger partial charge in [-0.15, -0.1) is 13.2 Å². The van der Waals surface area contributed by atoms with Crippen molar-refractivity contribution in [3.8, 4) is 17.1 Å². The van der Waals surface area contributed by atoms with Gasteiger partial charge in [-0.05, 0) is 42.4 Å². The molecule has 11 heteroatoms. The van der Waals surface area contributed by atoms with Gasteiger partial charge in [-0.25, -0.2) is 0 Å². The zero-order chi connectivity index (χ0) is 21.9. The summed E-state index contributed by atoms with van der Waals surface area (Å²) < 4.78 is 47.3. The Morgan fingerprint density at radius 2 is 1.93 bits per heavy atom. The molecule has 1 N–H and O–H groups in total. The first-order valence-corrected chi connectivity index (χ1v) is 9.38. The molecule has 1 fully saturated rings. The smallest absolute Gasteiger partial charge is 0.481 e. The van der Waals surface area contributed by atoms with Gasteiger partial charge in [0.15, 0.2) is 0 Å². The van der Waals surface area contributed by atoms with Crippen molar-refractivity contribution in [2.75, 3.05) is 6.54 Å². The summed E-state index contributed by atoms with van der Waals surface area (Å²) in [7, 11) is 0. The van der Waals surface area contributed by atoms with Gasteiger partial charge in [-0.2, -0.15) is 0 Å². The Balaban J connectivity index is 1.78. The van der Waals surface area contributed by atoms with Crippen LogP contribution in [-0.4, -0.2) is 40.0 Å². The normalized spacial score (nSPS) is 15.8. The fraction of sp³-hybridized carbons (Fsp3) is 0.211. The lowest BCUT2D eigenvalue weighted by Crippen LogP contribution is -2.29. The monoisotopic (exact) mass is 441 g/mol. The Bertz CT molecular complexity index is 1010. The third-order valence-corrected chi connectivity index (χ3v) is 4.83. The van der Waals surface area contributed by atoms with Crippen molar-refractivity contribution in [3.63, 3.8) is 0 Å². The first kappa shape index (κ1) is 21.5. The second kappa shape index (κ2) is 8.66. The standard InChI is InChI=1S/C19H14F3NO6S/c20-19(21,22)29-14-5-2-1-4-12(14)13-8-7-11(28-13)10-15-17(26)23(18(27)30-15)9-3-6-16(24)25/h1-2,4-5,7-8,10H,3,6,9H2,(H,24,25). The number of hydrogen-bond acceptors (Lipinski definition) is 6. The average molecular weight is 441 g/mol. The Morgan fingerprint density at radius 1 is 1.20 bits per heavy atom. The van der Waals surface area contributed by atoms with Crippen LogP contribution < -0.4 is 4.74 Å². The van der Waals surface area contributed by atoms with Gasteiger partial charge in [-0.3, -0.25) is 19.3 Å². The summed E-state index contributed by atoms with van der Waals surface area (Å²) in [6, 6.07) is 8.30. The van der Waals surface area contributed by atoms with Gasteiger partial charge in [0.1, 0.15) is 17.3 Å². The highest BCUT2D eigenvalue weighted by molar-refractivity contribution is 8.18. The molecular weight excluding hydrogens is 427 g/mol. The highest BCUT2D eigenvalue weighted by Crippen LogP contribution is 2.36. The van der Waals surface area contributed by atoms with E-state index in [2.05, 4.69) is 4.74 Å². The number of carbonyl (C=O) groups excluding carboxylic acids is 2. The van der Waals surface area contributed by atoms with Gasteiger partial charge in [0.25, 0.3) is 11.1 Å². The molecule has 0 spiro atoms. The van der Waals surface area contributed by atoms with E-state index in [1.54, 1.807) is 0 Å². The largest absolute Gasteiger partial charge is 0.573 e. The molecule has 1 aromatic carbocycles. The molecule has 2 aromatic rings. The lowest BCUT2D eigenvalue weighted by atomic mass is 10.1. The Kier molecular flexibility index (Phi) is 6.20. The lowest BCUT2D eigenvalue weighted by Gasteiger charge is -2.11. The van der Waals surface area contributed by atoms with Gasteiger partial charge in [0.05, 0.1) is 10.5 Å². The van der Waals surface area contributed by atoms with Crippen molar-refractivity contribution in [1.82, 2.24) is 4.90 Å². The van der Waals surface area contributed by atoms with Crippen LogP contribution in [0.4, 0.5) is 18.0 Å². The van der Waals surface area contributed by atoms with Gasteiger partial charge in [0, 0.05) is 19.0 Å². The van der Waals surface area contributed by atoms with Crippen LogP contribution >= 0.6 is 11.8 Å². The third-order valence-electron chi connectivity index (χ3n) is 3.92. The topological polar surface area (TPSA) is 97.1 Å². The van der Waals surface area contributed by atoms with E-state index in [-0.39, 0.29) is 41.4 Å². The summed E-state index contributed by atoms with van der Waals surface area (Å²) in [4.78, 5) is 35.9. The zero-order valence-corrected chi connectivity index (χ0v) is 16.0. The number of nitrogens with zero attached hydrogens (tertiary/aromatic N) is 1. The Hall–Kier alpha value is -3.21. The van der Waals surface area contributed by atoms with Crippen LogP contribution in [0, 0.1) is 0 Å². The van der Waals surface area contributed by atoms with Crippen molar-refractivity contribution in [2.45, 2.75) is 19.2 Å². The molecular formula is C19H14F3NO6S. The molecule has 1 aliphatic heterocycles. The maximum atomic E-state index is 12.6. The number of aliphatic carboxylic acids is 1. The third kappa shape index (κ3) is 5.23. The molecule has 1 aliphatic rings. The van der Waals surface area contributed by atoms with E-state index < -0.39 is 29.2 Å². The Labute approximate surface area is 172 Å². The van der Waals surface area contributed by atoms with Crippen LogP contribution in [0.15, 0.2) is 45.7 Å². The molecule has 2 heterocycles. The number of thioether (sulfide) groups is 1. The Morgan fingerprint density at radius 3 is 2.63 bits per heavy atom. The summed E-state index contributed by atoms with van der Waals surface area (Å²) >= 11 is 0.669. The number of ether oxygens (including phenoxy) is 1. The molecule has 0 aliphatic carbocycles. The summed E-state index contributed by atoms with van der Waals surface area (Å²) in [6.07, 6.45) is -3.62. The van der Waals surface area contributed by atoms with Gasteiger partial charge < -0.3 is 14.3 Å². The van der Waals surface area contributed by atoms with Gasteiger partial charge >= 0.3 is 12.3 Å². The molecule has 0 radical (unpaired) electrons. The first-order valence-electron chi connectivity index (χ1n) is 8.56. The second-order valence-corrected chi connectivity index (χ2v) is 7.07. The predicted octanol–water partition coefficient (Wildman–Crippen LogP) is 4.75. The number of para-hydroxylation sites is 1. The van der Waals surface area contributed by atoms with Crippen LogP contribution in [0.2, 0.25) is 0 Å². The van der Waals surface area contributed by atoms with Crippen LogP contribution in [0.1, 0.15) is 18.6 Å². The van der Waals surface area contributed by atoms with E-state index in [0.717, 1.165) is 11.0 Å². The molecule has 0 unspecified atom stereocenters. The second-order valence-electron chi connectivity index (χ2n) is 6.08. The van der Waals surface area contributed by atoms with Crippen molar-refractivity contribution in [2.24, 2.45) is 0 Å². The summed E-state index contributed by atoms with van der Waals surface area (Å²) in [5.41, 5.74) is 0.0660. The minimum atomic E-state index is -4.87. The van der Waals surface area contributed by atoms with E-state index in [9.17, 15) is 27.6 Å². The van der Waals surface area contributed by atoms with Crippen molar-refractivity contribution >= 4 is 35.0 Å². The number of imide groups is 1. The van der Waals surface area contributed by atoms with Gasteiger partial charge in [0.2, 0.25) is 0 Å². The van der Waals surface area contributed by atoms with Gasteiger partial charge in [-0.1, -0.05) is 12.1 Å². The summed E-state index contributed by atoms with van der Waals surface area (Å²) in [5.74, 6) is -1.82. The van der Waals surface area contributed by atoms with Crippen LogP contribution in [0.25, 0.3) is 17.4 Å². The maximum Gasteiger partial charge on any atom is 0.573 e. The SMILES string of the molecule is O=C(O)CCCN1C(=O)SC(=Cc2ccc(-c3ccccc3OC(F)(F)F)o2)C1=O. The first-order chi connectivity index (χ1) is 14.1. The quantitative estimate of drug-likeness (QED) is 0.620. The van der Waals surface area contributed by atoms with E-state index >= 15 is 0 Å². The van der Waals surface area contributed by atoms with E-state index in [4.69, 9.17) is 9.52 Å². The molecule has 0 bridgehead atoms. The molecule has 0 saturated carbocycles. The summed E-state index contributed by atoms with van der Waals surface area (Å²) in [5, 5.41) is 8.12. The fourth-order valence-corrected chi connectivity index (χ4v) is 3.51. The number of hydrogen-bond donors (Lipinski definition) is 1. The molecule has 158 valence electrons. The summed E-state index contributed by atoms with van der Waals surface area (Å²) in [6.45, 7) is -0.0279. The number of benzene rings is 1. The number of halogens is 3. The van der Waals surface area contributed by atoms with Crippen molar-refractivity contribution < 1.29 is 41.8 Å². The van der Waals surface area contributed by atoms with E-state index in [1.165, 1.54) is 36.4 Å². The lowest BCUT2D eigenvalue weighted by molar-refractivity contribution is -0.274. The number of carbonyl (C=O) groups is 3. The van der Waals surface area contributed by atoms with E-state index in [0.29, 0.717) is 11.8 Å². The fourth-order valence-electron chi connectivity index (χ4n) is 2.67. The molecule has 3 rings (SSSR count). The number of carboxylic acids is 1.